The maximum atomic E-state index is 14.7. The molecule has 1 amide bonds. The van der Waals surface area contributed by atoms with E-state index in [9.17, 15) is 44.9 Å². The van der Waals surface area contributed by atoms with Crippen molar-refractivity contribution in [2.75, 3.05) is 20.2 Å². The number of likely N-dealkylation sites (tertiary alicyclic amines) is 1. The number of alkyl halides is 7. The highest BCUT2D eigenvalue weighted by molar-refractivity contribution is 9.10. The van der Waals surface area contributed by atoms with Crippen molar-refractivity contribution >= 4 is 39.0 Å². The lowest BCUT2D eigenvalue weighted by molar-refractivity contribution is -0.348. The third-order valence-electron chi connectivity index (χ3n) is 8.11. The summed E-state index contributed by atoms with van der Waals surface area (Å²) in [6.07, 6.45) is -10.7. The molecule has 2 atom stereocenters. The highest BCUT2D eigenvalue weighted by atomic mass is 79.9. The minimum absolute atomic E-state index is 0.0913. The van der Waals surface area contributed by atoms with Crippen molar-refractivity contribution in [2.24, 2.45) is 11.8 Å². The molecule has 1 saturated carbocycles. The summed E-state index contributed by atoms with van der Waals surface area (Å²) in [4.78, 5) is 27.2. The molecule has 2 unspecified atom stereocenters. The topological polar surface area (TPSA) is 69.7 Å². The van der Waals surface area contributed by atoms with Crippen molar-refractivity contribution in [2.45, 2.75) is 59.8 Å². The molecule has 14 heteroatoms. The Labute approximate surface area is 249 Å². The zero-order chi connectivity index (χ0) is 31.1. The highest BCUT2D eigenvalue weighted by Gasteiger charge is 2.73. The zero-order valence-corrected chi connectivity index (χ0v) is 24.6. The van der Waals surface area contributed by atoms with Gasteiger partial charge in [-0.3, -0.25) is 9.59 Å². The van der Waals surface area contributed by atoms with Gasteiger partial charge >= 0.3 is 24.0 Å². The Morgan fingerprint density at radius 2 is 1.52 bits per heavy atom. The third kappa shape index (κ3) is 5.90. The highest BCUT2D eigenvalue weighted by Crippen LogP contribution is 2.54. The van der Waals surface area contributed by atoms with Crippen molar-refractivity contribution in [3.05, 3.63) is 64.1 Å². The number of carbonyl (C=O) groups excluding carboxylic acids is 2. The van der Waals surface area contributed by atoms with Crippen molar-refractivity contribution in [3.63, 3.8) is 0 Å². The standard InChI is InChI=1S/C28H27BrF7NO4S/c1-41-24(39)18-7-5-17(6-8-18)23(38)37-14-13-25(16-37,42(40)22-4-2-3-21(29)15-22)19-9-11-20(12-10-19)26(30,27(31,32)33)28(34,35)36/h2-4,9-12,15,17-18H,5-8,13-14,16H2,1H3. The van der Waals surface area contributed by atoms with Crippen LogP contribution >= 0.6 is 15.9 Å². The van der Waals surface area contributed by atoms with Gasteiger partial charge in [-0.15, -0.1) is 0 Å². The first kappa shape index (κ1) is 32.6. The van der Waals surface area contributed by atoms with Crippen LogP contribution < -0.4 is 0 Å². The minimum Gasteiger partial charge on any atom is -0.611 e. The summed E-state index contributed by atoms with van der Waals surface area (Å²) in [6, 6.07) is 9.12. The molecular weight excluding hydrogens is 659 g/mol. The van der Waals surface area contributed by atoms with E-state index in [1.807, 2.05) is 0 Å². The van der Waals surface area contributed by atoms with Crippen LogP contribution in [-0.4, -0.2) is 53.9 Å². The molecule has 1 saturated heterocycles. The minimum atomic E-state index is -6.27. The number of amides is 1. The van der Waals surface area contributed by atoms with Crippen LogP contribution in [0.2, 0.25) is 0 Å². The maximum Gasteiger partial charge on any atom is 0.435 e. The summed E-state index contributed by atoms with van der Waals surface area (Å²) in [6.45, 7) is 0.00987. The molecule has 0 aromatic heterocycles. The van der Waals surface area contributed by atoms with Gasteiger partial charge in [0.1, 0.15) is 0 Å². The van der Waals surface area contributed by atoms with E-state index in [2.05, 4.69) is 15.9 Å². The van der Waals surface area contributed by atoms with Gasteiger partial charge in [0.15, 0.2) is 9.64 Å². The largest absolute Gasteiger partial charge is 0.611 e. The number of methoxy groups -OCH3 is 1. The van der Waals surface area contributed by atoms with Crippen LogP contribution in [0.25, 0.3) is 0 Å². The van der Waals surface area contributed by atoms with E-state index >= 15 is 0 Å². The molecular formula is C28H27BrF7NO4S. The van der Waals surface area contributed by atoms with Gasteiger partial charge in [0.25, 0.3) is 0 Å². The lowest BCUT2D eigenvalue weighted by Crippen LogP contribution is -2.50. The second-order valence-electron chi connectivity index (χ2n) is 10.5. The Balaban J connectivity index is 1.67. The summed E-state index contributed by atoms with van der Waals surface area (Å²) in [5, 5.41) is 0. The van der Waals surface area contributed by atoms with E-state index in [0.29, 0.717) is 47.2 Å². The molecule has 4 rings (SSSR count). The molecule has 1 heterocycles. The van der Waals surface area contributed by atoms with Crippen LogP contribution in [0.4, 0.5) is 30.7 Å². The number of carbonyl (C=O) groups is 2. The van der Waals surface area contributed by atoms with E-state index in [1.54, 1.807) is 24.3 Å². The van der Waals surface area contributed by atoms with Gasteiger partial charge in [0.05, 0.1) is 19.6 Å². The summed E-state index contributed by atoms with van der Waals surface area (Å²) < 4.78 is 113. The predicted molar refractivity (Wildman–Crippen MR) is 142 cm³/mol. The first-order valence-electron chi connectivity index (χ1n) is 13.0. The van der Waals surface area contributed by atoms with Crippen LogP contribution in [0.3, 0.4) is 0 Å². The number of benzene rings is 2. The summed E-state index contributed by atoms with van der Waals surface area (Å²) in [5.74, 6) is -1.30. The molecule has 42 heavy (non-hydrogen) atoms. The Morgan fingerprint density at radius 1 is 0.952 bits per heavy atom. The molecule has 0 bridgehead atoms. The Kier molecular flexibility index (Phi) is 9.30. The molecule has 2 aromatic rings. The van der Waals surface area contributed by atoms with Crippen LogP contribution in [0.5, 0.6) is 0 Å². The average Bonchev–Trinajstić information content (AvgIpc) is 3.41. The van der Waals surface area contributed by atoms with E-state index in [-0.39, 0.29) is 42.9 Å². The fourth-order valence-corrected chi connectivity index (χ4v) is 8.10. The van der Waals surface area contributed by atoms with E-state index in [0.717, 1.165) is 12.1 Å². The molecule has 1 aliphatic carbocycles. The number of nitrogens with zero attached hydrogens (tertiary/aromatic N) is 1. The number of ether oxygens (including phenoxy) is 1. The smallest absolute Gasteiger partial charge is 0.435 e. The van der Waals surface area contributed by atoms with E-state index in [1.165, 1.54) is 12.0 Å². The molecule has 0 spiro atoms. The molecule has 1 aliphatic heterocycles. The van der Waals surface area contributed by atoms with Gasteiger partial charge in [-0.05, 0) is 49.0 Å². The second kappa shape index (κ2) is 12.0. The lowest BCUT2D eigenvalue weighted by Gasteiger charge is -2.34. The fourth-order valence-electron chi connectivity index (χ4n) is 5.76. The number of hydrogen-bond donors (Lipinski definition) is 0. The SMILES string of the molecule is COC(=O)C1CCC(C(=O)N2CCC(c3ccc(C(F)(C(F)(F)F)C(F)(F)F)cc3)([S+]([O-])c3cccc(Br)c3)C2)CC1. The first-order chi connectivity index (χ1) is 19.5. The van der Waals surface area contributed by atoms with Crippen molar-refractivity contribution in [1.82, 2.24) is 4.90 Å². The predicted octanol–water partition coefficient (Wildman–Crippen LogP) is 6.95. The van der Waals surface area contributed by atoms with Crippen molar-refractivity contribution in [3.8, 4) is 0 Å². The Bertz CT molecular complexity index is 1280. The lowest BCUT2D eigenvalue weighted by atomic mass is 9.81. The number of esters is 1. The van der Waals surface area contributed by atoms with Crippen molar-refractivity contribution < 1.29 is 49.6 Å². The van der Waals surface area contributed by atoms with Gasteiger partial charge in [-0.1, -0.05) is 46.3 Å². The quantitative estimate of drug-likeness (QED) is 0.188. The molecule has 2 fully saturated rings. The van der Waals surface area contributed by atoms with Crippen LogP contribution in [-0.2, 0) is 35.9 Å². The normalized spacial score (nSPS) is 24.4. The Morgan fingerprint density at radius 3 is 2.05 bits per heavy atom. The summed E-state index contributed by atoms with van der Waals surface area (Å²) in [7, 11) is 1.29. The van der Waals surface area contributed by atoms with Gasteiger partial charge in [0, 0.05) is 40.5 Å². The third-order valence-corrected chi connectivity index (χ3v) is 10.6. The monoisotopic (exact) mass is 685 g/mol. The van der Waals surface area contributed by atoms with Gasteiger partial charge in [-0.25, -0.2) is 4.39 Å². The zero-order valence-electron chi connectivity index (χ0n) is 22.2. The van der Waals surface area contributed by atoms with Crippen molar-refractivity contribution in [1.29, 1.82) is 0 Å². The fraction of sp³-hybridized carbons (Fsp3) is 0.500. The van der Waals surface area contributed by atoms with Gasteiger partial charge < -0.3 is 14.2 Å². The van der Waals surface area contributed by atoms with E-state index < -0.39 is 45.4 Å². The molecule has 2 aliphatic rings. The Hall–Kier alpha value is -2.32. The van der Waals surface area contributed by atoms with Crippen LogP contribution in [0.15, 0.2) is 57.9 Å². The molecule has 5 nitrogen and oxygen atoms in total. The van der Waals surface area contributed by atoms with E-state index in [4.69, 9.17) is 4.74 Å². The molecule has 230 valence electrons. The maximum absolute atomic E-state index is 14.7. The van der Waals surface area contributed by atoms with Crippen LogP contribution in [0, 0.1) is 11.8 Å². The summed E-state index contributed by atoms with van der Waals surface area (Å²) >= 11 is 1.38. The summed E-state index contributed by atoms with van der Waals surface area (Å²) in [5.41, 5.74) is -7.14. The van der Waals surface area contributed by atoms with Gasteiger partial charge in [-0.2, -0.15) is 26.3 Å². The molecule has 0 radical (unpaired) electrons. The van der Waals surface area contributed by atoms with Gasteiger partial charge in [0.2, 0.25) is 5.91 Å². The first-order valence-corrected chi connectivity index (χ1v) is 15.0. The number of halogens is 8. The average molecular weight is 686 g/mol. The number of hydrogen-bond acceptors (Lipinski definition) is 4. The number of rotatable bonds is 6. The van der Waals surface area contributed by atoms with Crippen LogP contribution in [0.1, 0.15) is 43.2 Å². The molecule has 2 aromatic carbocycles. The molecule has 0 N–H and O–H groups in total. The second-order valence-corrected chi connectivity index (χ2v) is 13.2.